The average molecular weight is 496 g/mol. The van der Waals surface area contributed by atoms with Crippen LogP contribution in [0, 0.1) is 11.8 Å². The lowest BCUT2D eigenvalue weighted by molar-refractivity contribution is -0.139. The highest BCUT2D eigenvalue weighted by atomic mass is 16.7. The summed E-state index contributed by atoms with van der Waals surface area (Å²) in [6, 6.07) is 5.35. The third-order valence-electron chi connectivity index (χ3n) is 8.56. The first-order chi connectivity index (χ1) is 16.9. The number of imidazole rings is 1. The summed E-state index contributed by atoms with van der Waals surface area (Å²) in [4.78, 5) is 36.1. The number of H-pyrrole nitrogens is 1. The lowest BCUT2D eigenvalue weighted by atomic mass is 9.79. The molecule has 3 heterocycles. The number of aromatic amines is 1. The van der Waals surface area contributed by atoms with E-state index < -0.39 is 30.5 Å². The molecule has 2 bridgehead atoms. The number of aromatic nitrogens is 2. The van der Waals surface area contributed by atoms with Gasteiger partial charge in [0.2, 0.25) is 5.91 Å². The third-order valence-corrected chi connectivity index (χ3v) is 8.56. The highest BCUT2D eigenvalue weighted by molar-refractivity contribution is 6.62. The number of hydrogen-bond donors (Lipinski definition) is 2. The maximum absolute atomic E-state index is 13.8. The minimum Gasteiger partial charge on any atom is -0.453 e. The number of nitrogens with one attached hydrogen (secondary N) is 2. The molecular formula is C26H37BN4O5. The van der Waals surface area contributed by atoms with Gasteiger partial charge in [-0.05, 0) is 76.4 Å². The second-order valence-corrected chi connectivity index (χ2v) is 11.8. The molecule has 0 spiro atoms. The molecule has 10 heteroatoms. The lowest BCUT2D eigenvalue weighted by Gasteiger charge is -2.37. The Kier molecular flexibility index (Phi) is 6.11. The van der Waals surface area contributed by atoms with Crippen molar-refractivity contribution < 1.29 is 23.6 Å². The highest BCUT2D eigenvalue weighted by Crippen LogP contribution is 2.50. The number of nitrogens with zero attached hydrogens (tertiary/aromatic N) is 2. The van der Waals surface area contributed by atoms with Gasteiger partial charge in [-0.3, -0.25) is 4.79 Å². The van der Waals surface area contributed by atoms with E-state index in [4.69, 9.17) is 19.0 Å². The van der Waals surface area contributed by atoms with Gasteiger partial charge in [0.1, 0.15) is 11.9 Å². The largest absolute Gasteiger partial charge is 0.494 e. The van der Waals surface area contributed by atoms with Crippen LogP contribution in [0.3, 0.4) is 0 Å². The molecule has 5 rings (SSSR count). The van der Waals surface area contributed by atoms with E-state index in [1.165, 1.54) is 7.11 Å². The van der Waals surface area contributed by atoms with Crippen LogP contribution in [0.1, 0.15) is 72.7 Å². The Bertz CT molecular complexity index is 1160. The summed E-state index contributed by atoms with van der Waals surface area (Å²) in [5.41, 5.74) is 1.83. The van der Waals surface area contributed by atoms with Crippen LogP contribution in [0.2, 0.25) is 0 Å². The van der Waals surface area contributed by atoms with Crippen molar-refractivity contribution in [2.75, 3.05) is 7.11 Å². The molecule has 3 fully saturated rings. The number of amides is 2. The Hall–Kier alpha value is -2.59. The van der Waals surface area contributed by atoms with E-state index in [0.29, 0.717) is 5.92 Å². The number of benzene rings is 1. The van der Waals surface area contributed by atoms with Crippen LogP contribution in [0.5, 0.6) is 0 Å². The molecule has 36 heavy (non-hydrogen) atoms. The molecule has 3 aliphatic rings. The van der Waals surface area contributed by atoms with E-state index >= 15 is 0 Å². The zero-order valence-electron chi connectivity index (χ0n) is 22.3. The topological polar surface area (TPSA) is 106 Å². The minimum atomic E-state index is -0.654. The Balaban J connectivity index is 1.44. The number of rotatable bonds is 5. The first-order valence-electron chi connectivity index (χ1n) is 12.9. The fourth-order valence-corrected chi connectivity index (χ4v) is 5.83. The standard InChI is InChI=1S/C26H37BN4O5/c1-14(2)20(30-24(33)34-7)23(32)31-17-10-8-15(12-17)21(31)22-28-18-11-9-16(13-19(18)29-22)27-35-25(3,4)26(5,6)36-27/h9,11,13-15,17,20-21H,8,10,12H2,1-7H3,(H,28,29)(H,30,33)/t15?,17?,20-,21-/m0/s1. The molecule has 9 nitrogen and oxygen atoms in total. The number of methoxy groups -OCH3 is 1. The van der Waals surface area contributed by atoms with Crippen LogP contribution in [0.25, 0.3) is 11.0 Å². The number of piperidine rings is 1. The quantitative estimate of drug-likeness (QED) is 0.616. The molecule has 2 amide bonds. The number of carbonyl (C=O) groups excluding carboxylic acids is 2. The molecule has 194 valence electrons. The van der Waals surface area contributed by atoms with Gasteiger partial charge in [0, 0.05) is 6.04 Å². The molecule has 2 aromatic rings. The maximum atomic E-state index is 13.8. The summed E-state index contributed by atoms with van der Waals surface area (Å²) in [5.74, 6) is 0.977. The monoisotopic (exact) mass is 496 g/mol. The SMILES string of the molecule is COC(=O)N[C@H](C(=O)N1C2CCC(C2)[C@H]1c1nc2ccc(B3OC(C)(C)C(C)(C)O3)cc2[nH]1)C(C)C. The first kappa shape index (κ1) is 25.1. The number of likely N-dealkylation sites (tertiary alicyclic amines) is 1. The van der Waals surface area contributed by atoms with E-state index in [-0.39, 0.29) is 23.9 Å². The molecule has 1 aromatic heterocycles. The summed E-state index contributed by atoms with van der Waals surface area (Å²) in [7, 11) is 0.854. The lowest BCUT2D eigenvalue weighted by Crippen LogP contribution is -2.54. The van der Waals surface area contributed by atoms with Crippen LogP contribution >= 0.6 is 0 Å². The van der Waals surface area contributed by atoms with Gasteiger partial charge in [0.25, 0.3) is 0 Å². The van der Waals surface area contributed by atoms with E-state index in [1.807, 2.05) is 64.6 Å². The van der Waals surface area contributed by atoms with Gasteiger partial charge >= 0.3 is 13.2 Å². The molecule has 0 radical (unpaired) electrons. The molecular weight excluding hydrogens is 459 g/mol. The molecule has 4 atom stereocenters. The van der Waals surface area contributed by atoms with Crippen molar-refractivity contribution in [1.82, 2.24) is 20.2 Å². The second kappa shape index (κ2) is 8.76. The summed E-state index contributed by atoms with van der Waals surface area (Å²) < 4.78 is 17.2. The fourth-order valence-electron chi connectivity index (χ4n) is 5.83. The second-order valence-electron chi connectivity index (χ2n) is 11.8. The van der Waals surface area contributed by atoms with Crippen LogP contribution in [0.15, 0.2) is 18.2 Å². The molecule has 1 saturated carbocycles. The molecule has 2 saturated heterocycles. The summed E-state index contributed by atoms with van der Waals surface area (Å²) in [6.07, 6.45) is 2.39. The maximum Gasteiger partial charge on any atom is 0.494 e. The van der Waals surface area contributed by atoms with Crippen LogP contribution in [-0.4, -0.2) is 64.4 Å². The number of ether oxygens (including phenoxy) is 1. The van der Waals surface area contributed by atoms with E-state index in [0.717, 1.165) is 41.6 Å². The van der Waals surface area contributed by atoms with Crippen LogP contribution < -0.4 is 10.8 Å². The molecule has 1 aliphatic carbocycles. The normalized spacial score (nSPS) is 27.2. The summed E-state index contributed by atoms with van der Waals surface area (Å²) in [6.45, 7) is 12.0. The number of alkyl carbamates (subject to hydrolysis) is 1. The van der Waals surface area contributed by atoms with Crippen molar-refractivity contribution in [3.8, 4) is 0 Å². The van der Waals surface area contributed by atoms with E-state index in [1.54, 1.807) is 0 Å². The third kappa shape index (κ3) is 4.08. The van der Waals surface area contributed by atoms with Gasteiger partial charge < -0.3 is 29.2 Å². The van der Waals surface area contributed by atoms with Gasteiger partial charge in [-0.15, -0.1) is 0 Å². The zero-order chi connectivity index (χ0) is 26.0. The van der Waals surface area contributed by atoms with Crippen molar-refractivity contribution in [1.29, 1.82) is 0 Å². The molecule has 2 N–H and O–H groups in total. The highest BCUT2D eigenvalue weighted by Gasteiger charge is 2.53. The smallest absolute Gasteiger partial charge is 0.453 e. The Morgan fingerprint density at radius 2 is 1.89 bits per heavy atom. The van der Waals surface area contributed by atoms with Gasteiger partial charge in [-0.2, -0.15) is 0 Å². The van der Waals surface area contributed by atoms with E-state index in [9.17, 15) is 9.59 Å². The van der Waals surface area contributed by atoms with Crippen molar-refractivity contribution in [2.24, 2.45) is 11.8 Å². The van der Waals surface area contributed by atoms with Gasteiger partial charge in [-0.1, -0.05) is 19.9 Å². The van der Waals surface area contributed by atoms with Crippen molar-refractivity contribution in [2.45, 2.75) is 90.1 Å². The number of hydrogen-bond acceptors (Lipinski definition) is 6. The fraction of sp³-hybridized carbons (Fsp3) is 0.654. The average Bonchev–Trinajstić information content (AvgIpc) is 3.57. The predicted molar refractivity (Wildman–Crippen MR) is 137 cm³/mol. The van der Waals surface area contributed by atoms with Crippen LogP contribution in [-0.2, 0) is 18.8 Å². The summed E-state index contributed by atoms with van der Waals surface area (Å²) >= 11 is 0. The van der Waals surface area contributed by atoms with Crippen molar-refractivity contribution in [3.63, 3.8) is 0 Å². The van der Waals surface area contributed by atoms with E-state index in [2.05, 4.69) is 10.3 Å². The first-order valence-corrected chi connectivity index (χ1v) is 12.9. The molecule has 2 unspecified atom stereocenters. The molecule has 2 aliphatic heterocycles. The Morgan fingerprint density at radius 3 is 2.53 bits per heavy atom. The predicted octanol–water partition coefficient (Wildman–Crippen LogP) is 3.29. The molecule has 1 aromatic carbocycles. The minimum absolute atomic E-state index is 0.0745. The Morgan fingerprint density at radius 1 is 1.19 bits per heavy atom. The number of fused-ring (bicyclic) bond motifs is 3. The van der Waals surface area contributed by atoms with Crippen LogP contribution in [0.4, 0.5) is 4.79 Å². The summed E-state index contributed by atoms with van der Waals surface area (Å²) in [5, 5.41) is 2.74. The van der Waals surface area contributed by atoms with Gasteiger partial charge in [0.05, 0.1) is 35.4 Å². The Labute approximate surface area is 212 Å². The zero-order valence-corrected chi connectivity index (χ0v) is 22.3. The van der Waals surface area contributed by atoms with Crippen molar-refractivity contribution in [3.05, 3.63) is 24.0 Å². The van der Waals surface area contributed by atoms with Gasteiger partial charge in [0.15, 0.2) is 0 Å². The van der Waals surface area contributed by atoms with Crippen molar-refractivity contribution >= 4 is 35.6 Å². The van der Waals surface area contributed by atoms with Gasteiger partial charge in [-0.25, -0.2) is 9.78 Å². The number of carbonyl (C=O) groups is 2.